The van der Waals surface area contributed by atoms with Crippen LogP contribution in [0, 0.1) is 0 Å². The molecule has 2 aromatic carbocycles. The predicted octanol–water partition coefficient (Wildman–Crippen LogP) is 1.98. The summed E-state index contributed by atoms with van der Waals surface area (Å²) in [5, 5.41) is 0. The number of hydrogen-bond donors (Lipinski definition) is 0. The molecule has 0 N–H and O–H groups in total. The number of benzene rings is 2. The van der Waals surface area contributed by atoms with Crippen molar-refractivity contribution in [1.82, 2.24) is 0 Å². The van der Waals surface area contributed by atoms with Crippen LogP contribution in [0.2, 0.25) is 0 Å². The van der Waals surface area contributed by atoms with E-state index in [1.807, 2.05) is 80.6 Å². The molecule has 0 fully saturated rings. The van der Waals surface area contributed by atoms with Crippen molar-refractivity contribution >= 4 is 33.9 Å². The van der Waals surface area contributed by atoms with Gasteiger partial charge in [0, 0.05) is 75.0 Å². The Morgan fingerprint density at radius 1 is 0.460 bits per heavy atom. The van der Waals surface area contributed by atoms with Gasteiger partial charge in [0.25, 0.3) is 0 Å². The zero-order valence-corrected chi connectivity index (χ0v) is 33.2. The van der Waals surface area contributed by atoms with Gasteiger partial charge in [-0.2, -0.15) is 0 Å². The van der Waals surface area contributed by atoms with Crippen LogP contribution < -0.4 is 43.8 Å². The molecule has 0 radical (unpaired) electrons. The van der Waals surface area contributed by atoms with E-state index in [2.05, 4.69) is 116 Å². The van der Waals surface area contributed by atoms with Gasteiger partial charge in [0.05, 0.1) is 12.5 Å². The summed E-state index contributed by atoms with van der Waals surface area (Å²) in [5.74, 6) is 1.76. The van der Waals surface area contributed by atoms with E-state index in [4.69, 9.17) is 8.83 Å². The Hall–Kier alpha value is -4.66. The second kappa shape index (κ2) is 18.4. The monoisotopic (exact) mass is 796 g/mol. The highest BCUT2D eigenvalue weighted by Gasteiger charge is 2.16. The van der Waals surface area contributed by atoms with Gasteiger partial charge in [-0.25, -0.2) is 9.15 Å². The molecule has 2 aliphatic carbocycles. The van der Waals surface area contributed by atoms with Crippen LogP contribution in [0.1, 0.15) is 22.6 Å². The Balaban J connectivity index is 0.000000260. The summed E-state index contributed by atoms with van der Waals surface area (Å²) in [4.78, 5) is 4.20. The third-order valence-electron chi connectivity index (χ3n) is 8.22. The Labute approximate surface area is 318 Å². The molecule has 4 aromatic rings. The lowest BCUT2D eigenvalue weighted by atomic mass is 9.94. The van der Waals surface area contributed by atoms with Gasteiger partial charge < -0.3 is 52.6 Å². The van der Waals surface area contributed by atoms with Gasteiger partial charge in [0.15, 0.2) is 11.4 Å². The van der Waals surface area contributed by atoms with E-state index in [-0.39, 0.29) is 34.0 Å². The van der Waals surface area contributed by atoms with Gasteiger partial charge in [0.1, 0.15) is 39.7 Å². The van der Waals surface area contributed by atoms with Crippen LogP contribution in [0.25, 0.3) is 11.1 Å². The fourth-order valence-electron chi connectivity index (χ4n) is 5.45. The minimum absolute atomic E-state index is 0. The van der Waals surface area contributed by atoms with Crippen molar-refractivity contribution in [2.45, 2.75) is 0 Å². The zero-order valence-electron chi connectivity index (χ0n) is 30.1. The Kier molecular flexibility index (Phi) is 14.6. The molecule has 0 bridgehead atoms. The van der Waals surface area contributed by atoms with Crippen LogP contribution in [0.3, 0.4) is 0 Å². The lowest BCUT2D eigenvalue weighted by molar-refractivity contribution is -0.462. The molecule has 0 amide bonds. The van der Waals surface area contributed by atoms with E-state index in [1.54, 1.807) is 12.5 Å². The first-order chi connectivity index (χ1) is 23.1. The Bertz CT molecular complexity index is 1780. The molecule has 0 saturated heterocycles. The van der Waals surface area contributed by atoms with Crippen molar-refractivity contribution < 1.29 is 51.9 Å². The number of hydrogen-bond acceptors (Lipinski definition) is 4. The first kappa shape index (κ1) is 39.8. The summed E-state index contributed by atoms with van der Waals surface area (Å²) in [6.45, 7) is 0. The normalized spacial score (nSPS) is 12.8. The van der Waals surface area contributed by atoms with Crippen molar-refractivity contribution in [3.63, 3.8) is 0 Å². The topological polar surface area (TPSA) is 38.8 Å². The van der Waals surface area contributed by atoms with E-state index in [9.17, 15) is 0 Å². The Morgan fingerprint density at radius 2 is 0.780 bits per heavy atom. The van der Waals surface area contributed by atoms with E-state index in [1.165, 1.54) is 22.8 Å². The number of halogens is 2. The molecular formula is C42H46Br2N4O2. The van der Waals surface area contributed by atoms with E-state index in [0.29, 0.717) is 0 Å². The third kappa shape index (κ3) is 9.73. The highest BCUT2D eigenvalue weighted by molar-refractivity contribution is 6.04. The van der Waals surface area contributed by atoms with Crippen molar-refractivity contribution in [2.24, 2.45) is 0 Å². The van der Waals surface area contributed by atoms with Gasteiger partial charge in [-0.15, -0.1) is 0 Å². The fraction of sp³-hybridized carbons (Fsp3) is 0.190. The summed E-state index contributed by atoms with van der Waals surface area (Å²) >= 11 is 0. The van der Waals surface area contributed by atoms with E-state index < -0.39 is 0 Å². The summed E-state index contributed by atoms with van der Waals surface area (Å²) in [5.41, 5.74) is 11.5. The van der Waals surface area contributed by atoms with Gasteiger partial charge >= 0.3 is 0 Å². The molecule has 0 saturated carbocycles. The van der Waals surface area contributed by atoms with Crippen molar-refractivity contribution in [1.29, 1.82) is 0 Å². The minimum Gasteiger partial charge on any atom is -1.00 e. The molecule has 6 nitrogen and oxygen atoms in total. The maximum Gasteiger partial charge on any atom is 0.199 e. The number of rotatable bonds is 6. The quantitative estimate of drug-likeness (QED) is 0.280. The highest BCUT2D eigenvalue weighted by atomic mass is 79.9. The van der Waals surface area contributed by atoms with Crippen molar-refractivity contribution in [3.8, 4) is 0 Å². The van der Waals surface area contributed by atoms with Crippen LogP contribution in [0.5, 0.6) is 0 Å². The number of furan rings is 2. The van der Waals surface area contributed by atoms with Gasteiger partial charge in [-0.3, -0.25) is 0 Å². The van der Waals surface area contributed by atoms with Crippen LogP contribution in [-0.4, -0.2) is 77.0 Å². The standard InChI is InChI=1S/2C21H23N2O.2BrH/c2*1-22(2)18-11-7-16(8-12-18)21(20-6-5-15-24-20)17-9-13-19(14-10-17)23(3)4;;/h2*5-15H,1-4H3;2*1H/q2*+1;;/p-2. The number of anilines is 2. The maximum atomic E-state index is 5.70. The van der Waals surface area contributed by atoms with Crippen LogP contribution >= 0.6 is 0 Å². The third-order valence-corrected chi connectivity index (χ3v) is 8.22. The first-order valence-electron chi connectivity index (χ1n) is 16.0. The van der Waals surface area contributed by atoms with Gasteiger partial charge in [0.2, 0.25) is 0 Å². The molecule has 2 heterocycles. The van der Waals surface area contributed by atoms with Crippen LogP contribution in [0.15, 0.2) is 154 Å². The molecule has 0 unspecified atom stereocenters. The average molecular weight is 799 g/mol. The summed E-state index contributed by atoms with van der Waals surface area (Å²) in [6.07, 6.45) is 20.5. The maximum absolute atomic E-state index is 5.70. The molecule has 8 heteroatoms. The molecule has 6 rings (SSSR count). The molecule has 0 atom stereocenters. The van der Waals surface area contributed by atoms with Gasteiger partial charge in [-0.1, -0.05) is 24.3 Å². The van der Waals surface area contributed by atoms with Crippen molar-refractivity contribution in [2.75, 3.05) is 66.2 Å². The lowest BCUT2D eigenvalue weighted by Crippen LogP contribution is -3.00. The number of nitrogens with zero attached hydrogens (tertiary/aromatic N) is 4. The van der Waals surface area contributed by atoms with E-state index in [0.717, 1.165) is 44.9 Å². The smallest absolute Gasteiger partial charge is 0.199 e. The predicted molar refractivity (Wildman–Crippen MR) is 202 cm³/mol. The lowest BCUT2D eigenvalue weighted by Gasteiger charge is -2.15. The molecule has 2 aliphatic rings. The molecule has 260 valence electrons. The first-order valence-corrected chi connectivity index (χ1v) is 16.0. The zero-order chi connectivity index (χ0) is 34.2. The highest BCUT2D eigenvalue weighted by Crippen LogP contribution is 2.32. The summed E-state index contributed by atoms with van der Waals surface area (Å²) in [7, 11) is 16.4. The molecule has 0 aliphatic heterocycles. The SMILES string of the molecule is CN(C)c1ccc(C(=C2C=CC(=[N+](C)C)C=C2)c2ccco2)cc1.CN(C)c1ccc(C(=C2C=CC(=[N+](C)C)C=C2)c2ccco2)cc1.[Br-].[Br-]. The largest absolute Gasteiger partial charge is 1.00 e. The molecule has 2 aromatic heterocycles. The molecular weight excluding hydrogens is 752 g/mol. The van der Waals surface area contributed by atoms with Crippen molar-refractivity contribution in [3.05, 3.63) is 168 Å². The second-order valence-electron chi connectivity index (χ2n) is 12.5. The average Bonchev–Trinajstić information content (AvgIpc) is 3.82. The minimum atomic E-state index is 0. The Morgan fingerprint density at radius 3 is 1.02 bits per heavy atom. The van der Waals surface area contributed by atoms with Crippen LogP contribution in [-0.2, 0) is 0 Å². The number of allylic oxidation sites excluding steroid dienone is 10. The van der Waals surface area contributed by atoms with Crippen LogP contribution in [0.4, 0.5) is 11.4 Å². The van der Waals surface area contributed by atoms with Gasteiger partial charge in [-0.05, 0) is 95.1 Å². The van der Waals surface area contributed by atoms with E-state index >= 15 is 0 Å². The molecule has 0 spiro atoms. The second-order valence-corrected chi connectivity index (χ2v) is 12.5. The summed E-state index contributed by atoms with van der Waals surface area (Å²) < 4.78 is 15.6. The summed E-state index contributed by atoms with van der Waals surface area (Å²) in [6, 6.07) is 25.0. The fourth-order valence-corrected chi connectivity index (χ4v) is 5.45. The molecule has 50 heavy (non-hydrogen) atoms.